The van der Waals surface area contributed by atoms with Gasteiger partial charge in [0, 0.05) is 0 Å². The first-order valence-electron chi connectivity index (χ1n) is 6.55. The van der Waals surface area contributed by atoms with Crippen molar-refractivity contribution in [2.45, 2.75) is 0 Å². The molecule has 22 heavy (non-hydrogen) atoms. The van der Waals surface area contributed by atoms with Crippen molar-refractivity contribution in [2.75, 3.05) is 21.3 Å². The van der Waals surface area contributed by atoms with E-state index in [4.69, 9.17) is 25.8 Å². The summed E-state index contributed by atoms with van der Waals surface area (Å²) in [5.41, 5.74) is 1.70. The number of hydrogen-bond donors (Lipinski definition) is 1. The SMILES string of the molecule is COc1ccc(/C=C\c2cc(Cl)c(OC)c(OC)c2)cc1O. The second kappa shape index (κ2) is 7.09. The van der Waals surface area contributed by atoms with Crippen LogP contribution in [0.1, 0.15) is 11.1 Å². The fraction of sp³-hybridized carbons (Fsp3) is 0.176. The normalized spacial score (nSPS) is 10.7. The molecule has 0 aliphatic heterocycles. The van der Waals surface area contributed by atoms with Crippen molar-refractivity contribution in [1.29, 1.82) is 0 Å². The molecule has 116 valence electrons. The molecule has 0 bridgehead atoms. The summed E-state index contributed by atoms with van der Waals surface area (Å²) in [5.74, 6) is 1.59. The molecule has 0 saturated heterocycles. The summed E-state index contributed by atoms with van der Waals surface area (Å²) in [4.78, 5) is 0. The number of phenols is 1. The number of halogens is 1. The second-order valence-electron chi connectivity index (χ2n) is 4.50. The Labute approximate surface area is 134 Å². The lowest BCUT2D eigenvalue weighted by atomic mass is 10.1. The summed E-state index contributed by atoms with van der Waals surface area (Å²) in [5, 5.41) is 10.2. The van der Waals surface area contributed by atoms with Crippen molar-refractivity contribution in [3.63, 3.8) is 0 Å². The maximum Gasteiger partial charge on any atom is 0.179 e. The van der Waals surface area contributed by atoms with Crippen LogP contribution >= 0.6 is 11.6 Å². The lowest BCUT2D eigenvalue weighted by Crippen LogP contribution is -1.92. The van der Waals surface area contributed by atoms with E-state index in [1.165, 1.54) is 7.11 Å². The lowest BCUT2D eigenvalue weighted by molar-refractivity contribution is 0.355. The Morgan fingerprint density at radius 3 is 2.14 bits per heavy atom. The monoisotopic (exact) mass is 320 g/mol. The van der Waals surface area contributed by atoms with E-state index in [0.29, 0.717) is 22.3 Å². The van der Waals surface area contributed by atoms with E-state index in [2.05, 4.69) is 0 Å². The van der Waals surface area contributed by atoms with Crippen molar-refractivity contribution in [1.82, 2.24) is 0 Å². The minimum absolute atomic E-state index is 0.0926. The molecule has 0 unspecified atom stereocenters. The van der Waals surface area contributed by atoms with Crippen molar-refractivity contribution in [2.24, 2.45) is 0 Å². The summed E-state index contributed by atoms with van der Waals surface area (Å²) in [6, 6.07) is 8.78. The quantitative estimate of drug-likeness (QED) is 0.837. The fourth-order valence-corrected chi connectivity index (χ4v) is 2.33. The Hall–Kier alpha value is -2.33. The third-order valence-corrected chi connectivity index (χ3v) is 3.41. The Balaban J connectivity index is 2.30. The summed E-state index contributed by atoms with van der Waals surface area (Å²) in [6.45, 7) is 0. The zero-order chi connectivity index (χ0) is 16.1. The number of rotatable bonds is 5. The summed E-state index contributed by atoms with van der Waals surface area (Å²) in [6.07, 6.45) is 3.73. The molecule has 0 spiro atoms. The molecular weight excluding hydrogens is 304 g/mol. The number of hydrogen-bond acceptors (Lipinski definition) is 4. The Kier molecular flexibility index (Phi) is 5.17. The fourth-order valence-electron chi connectivity index (χ4n) is 2.04. The molecular formula is C17H17ClO4. The van der Waals surface area contributed by atoms with E-state index in [0.717, 1.165) is 11.1 Å². The average molecular weight is 321 g/mol. The molecule has 4 nitrogen and oxygen atoms in total. The van der Waals surface area contributed by atoms with Crippen LogP contribution in [0.4, 0.5) is 0 Å². The highest BCUT2D eigenvalue weighted by Gasteiger charge is 2.09. The van der Waals surface area contributed by atoms with Crippen LogP contribution in [0.3, 0.4) is 0 Å². The van der Waals surface area contributed by atoms with Gasteiger partial charge in [-0.3, -0.25) is 0 Å². The largest absolute Gasteiger partial charge is 0.504 e. The van der Waals surface area contributed by atoms with Gasteiger partial charge in [-0.05, 0) is 35.4 Å². The Bertz CT molecular complexity index is 695. The van der Waals surface area contributed by atoms with Gasteiger partial charge in [0.2, 0.25) is 0 Å². The molecule has 1 N–H and O–H groups in total. The lowest BCUT2D eigenvalue weighted by Gasteiger charge is -2.10. The number of benzene rings is 2. The van der Waals surface area contributed by atoms with Crippen LogP contribution in [0.25, 0.3) is 12.2 Å². The van der Waals surface area contributed by atoms with Crippen molar-refractivity contribution < 1.29 is 19.3 Å². The predicted octanol–water partition coefficient (Wildman–Crippen LogP) is 4.24. The zero-order valence-corrected chi connectivity index (χ0v) is 13.3. The standard InChI is InChI=1S/C17H17ClO4/c1-20-15-7-6-11(9-14(15)19)4-5-12-8-13(18)17(22-3)16(10-12)21-2/h4-10,19H,1-3H3/b5-4-. The number of aromatic hydroxyl groups is 1. The van der Waals surface area contributed by atoms with Crippen molar-refractivity contribution in [3.8, 4) is 23.0 Å². The van der Waals surface area contributed by atoms with Crippen molar-refractivity contribution in [3.05, 3.63) is 46.5 Å². The summed E-state index contributed by atoms with van der Waals surface area (Å²) in [7, 11) is 4.61. The molecule has 2 aromatic carbocycles. The first kappa shape index (κ1) is 16.0. The van der Waals surface area contributed by atoms with Gasteiger partial charge >= 0.3 is 0 Å². The van der Waals surface area contributed by atoms with E-state index in [1.807, 2.05) is 24.3 Å². The minimum atomic E-state index is 0.0926. The average Bonchev–Trinajstić information content (AvgIpc) is 2.52. The van der Waals surface area contributed by atoms with Gasteiger partial charge in [0.1, 0.15) is 0 Å². The van der Waals surface area contributed by atoms with Crippen LogP contribution in [0, 0.1) is 0 Å². The Morgan fingerprint density at radius 2 is 1.55 bits per heavy atom. The van der Waals surface area contributed by atoms with E-state index in [1.54, 1.807) is 32.4 Å². The van der Waals surface area contributed by atoms with Gasteiger partial charge in [0.25, 0.3) is 0 Å². The Morgan fingerprint density at radius 1 is 0.864 bits per heavy atom. The molecule has 0 aromatic heterocycles. The van der Waals surface area contributed by atoms with Gasteiger partial charge in [-0.1, -0.05) is 29.8 Å². The van der Waals surface area contributed by atoms with Gasteiger partial charge in [0.05, 0.1) is 26.4 Å². The molecule has 0 atom stereocenters. The first-order valence-corrected chi connectivity index (χ1v) is 6.93. The maximum absolute atomic E-state index is 9.77. The number of ether oxygens (including phenoxy) is 3. The molecule has 0 heterocycles. The van der Waals surface area contributed by atoms with Crippen LogP contribution in [-0.2, 0) is 0 Å². The molecule has 2 aromatic rings. The van der Waals surface area contributed by atoms with Crippen LogP contribution in [0.15, 0.2) is 30.3 Å². The van der Waals surface area contributed by atoms with E-state index in [9.17, 15) is 5.11 Å². The highest BCUT2D eigenvalue weighted by atomic mass is 35.5. The molecule has 0 amide bonds. The first-order chi connectivity index (χ1) is 10.6. The number of methoxy groups -OCH3 is 3. The number of phenolic OH excluding ortho intramolecular Hbond substituents is 1. The van der Waals surface area contributed by atoms with Gasteiger partial charge < -0.3 is 19.3 Å². The van der Waals surface area contributed by atoms with E-state index < -0.39 is 0 Å². The summed E-state index contributed by atoms with van der Waals surface area (Å²) < 4.78 is 15.5. The van der Waals surface area contributed by atoms with Crippen LogP contribution in [-0.4, -0.2) is 26.4 Å². The third-order valence-electron chi connectivity index (χ3n) is 3.13. The van der Waals surface area contributed by atoms with E-state index in [-0.39, 0.29) is 5.75 Å². The molecule has 0 aliphatic carbocycles. The highest BCUT2D eigenvalue weighted by molar-refractivity contribution is 6.32. The topological polar surface area (TPSA) is 47.9 Å². The van der Waals surface area contributed by atoms with Crippen LogP contribution in [0.2, 0.25) is 5.02 Å². The van der Waals surface area contributed by atoms with Crippen LogP contribution in [0.5, 0.6) is 23.0 Å². The molecule has 0 fully saturated rings. The highest BCUT2D eigenvalue weighted by Crippen LogP contribution is 2.36. The predicted molar refractivity (Wildman–Crippen MR) is 88.1 cm³/mol. The molecule has 5 heteroatoms. The zero-order valence-electron chi connectivity index (χ0n) is 12.6. The molecule has 0 saturated carbocycles. The summed E-state index contributed by atoms with van der Waals surface area (Å²) >= 11 is 6.16. The van der Waals surface area contributed by atoms with Crippen LogP contribution < -0.4 is 14.2 Å². The van der Waals surface area contributed by atoms with E-state index >= 15 is 0 Å². The van der Waals surface area contributed by atoms with Gasteiger partial charge in [0.15, 0.2) is 23.0 Å². The van der Waals surface area contributed by atoms with Gasteiger partial charge in [-0.15, -0.1) is 0 Å². The van der Waals surface area contributed by atoms with Gasteiger partial charge in [-0.25, -0.2) is 0 Å². The maximum atomic E-state index is 9.77. The molecule has 0 radical (unpaired) electrons. The third kappa shape index (κ3) is 3.46. The smallest absolute Gasteiger partial charge is 0.179 e. The minimum Gasteiger partial charge on any atom is -0.504 e. The second-order valence-corrected chi connectivity index (χ2v) is 4.91. The van der Waals surface area contributed by atoms with Gasteiger partial charge in [-0.2, -0.15) is 0 Å². The molecule has 2 rings (SSSR count). The molecule has 0 aliphatic rings. The van der Waals surface area contributed by atoms with Crippen molar-refractivity contribution >= 4 is 23.8 Å².